The molecule has 0 spiro atoms. The minimum Gasteiger partial charge on any atom is -0.488 e. The molecule has 1 unspecified atom stereocenters. The molecule has 1 aliphatic rings. The van der Waals surface area contributed by atoms with E-state index < -0.39 is 11.7 Å². The molecule has 0 bridgehead atoms. The van der Waals surface area contributed by atoms with E-state index in [2.05, 4.69) is 5.32 Å². The van der Waals surface area contributed by atoms with Crippen LogP contribution in [-0.4, -0.2) is 18.6 Å². The van der Waals surface area contributed by atoms with Gasteiger partial charge < -0.3 is 15.8 Å². The molecule has 1 atom stereocenters. The second-order valence-corrected chi connectivity index (χ2v) is 4.99. The number of amides is 1. The third-order valence-corrected chi connectivity index (χ3v) is 3.46. The van der Waals surface area contributed by atoms with E-state index in [1.54, 1.807) is 0 Å². The Balaban J connectivity index is 1.61. The van der Waals surface area contributed by atoms with Gasteiger partial charge in [0, 0.05) is 12.1 Å². The minimum atomic E-state index is -0.487. The van der Waals surface area contributed by atoms with Crippen molar-refractivity contribution < 1.29 is 13.9 Å². The third kappa shape index (κ3) is 2.81. The summed E-state index contributed by atoms with van der Waals surface area (Å²) < 4.78 is 18.9. The number of carbonyl (C=O) groups is 1. The van der Waals surface area contributed by atoms with Crippen molar-refractivity contribution in [3.8, 4) is 5.75 Å². The Kier molecular flexibility index (Phi) is 3.48. The Morgan fingerprint density at radius 2 is 2.14 bits per heavy atom. The van der Waals surface area contributed by atoms with Crippen LogP contribution in [0.3, 0.4) is 0 Å². The van der Waals surface area contributed by atoms with E-state index in [-0.39, 0.29) is 17.4 Å². The maximum atomic E-state index is 13.2. The summed E-state index contributed by atoms with van der Waals surface area (Å²) >= 11 is 0. The highest BCUT2D eigenvalue weighted by Gasteiger charge is 2.23. The molecular formula is C16H15FN2O2. The lowest BCUT2D eigenvalue weighted by atomic mass is 10.1. The lowest BCUT2D eigenvalue weighted by molar-refractivity contribution is 0.0934. The lowest BCUT2D eigenvalue weighted by Gasteiger charge is -2.12. The highest BCUT2D eigenvalue weighted by molar-refractivity contribution is 5.99. The van der Waals surface area contributed by atoms with Crippen LogP contribution in [0.15, 0.2) is 42.5 Å². The van der Waals surface area contributed by atoms with Crippen molar-refractivity contribution in [1.82, 2.24) is 5.32 Å². The van der Waals surface area contributed by atoms with Gasteiger partial charge in [0.05, 0.1) is 12.1 Å². The minimum absolute atomic E-state index is 0.110. The highest BCUT2D eigenvalue weighted by Crippen LogP contribution is 2.27. The molecule has 5 heteroatoms. The first-order valence-corrected chi connectivity index (χ1v) is 6.71. The number of para-hydroxylation sites is 1. The number of hydrogen-bond acceptors (Lipinski definition) is 3. The Morgan fingerprint density at radius 3 is 2.95 bits per heavy atom. The Hall–Kier alpha value is -2.56. The summed E-state index contributed by atoms with van der Waals surface area (Å²) in [7, 11) is 0. The van der Waals surface area contributed by atoms with Crippen LogP contribution in [0.1, 0.15) is 15.9 Å². The number of rotatable bonds is 3. The number of carbonyl (C=O) groups excluding carboxylic acids is 1. The molecule has 3 rings (SSSR count). The number of hydrogen-bond donors (Lipinski definition) is 2. The molecule has 1 amide bonds. The lowest BCUT2D eigenvalue weighted by Crippen LogP contribution is -2.34. The second kappa shape index (κ2) is 5.44. The van der Waals surface area contributed by atoms with Gasteiger partial charge in [-0.15, -0.1) is 0 Å². The summed E-state index contributed by atoms with van der Waals surface area (Å²) in [5, 5.41) is 2.73. The van der Waals surface area contributed by atoms with Crippen molar-refractivity contribution >= 4 is 11.6 Å². The van der Waals surface area contributed by atoms with Crippen molar-refractivity contribution in [1.29, 1.82) is 0 Å². The van der Waals surface area contributed by atoms with Crippen LogP contribution in [0.5, 0.6) is 5.75 Å². The average Bonchev–Trinajstić information content (AvgIpc) is 2.90. The van der Waals surface area contributed by atoms with Gasteiger partial charge in [-0.3, -0.25) is 4.79 Å². The van der Waals surface area contributed by atoms with Gasteiger partial charge in [0.1, 0.15) is 17.7 Å². The average molecular weight is 286 g/mol. The van der Waals surface area contributed by atoms with Gasteiger partial charge in [0.15, 0.2) is 0 Å². The Morgan fingerprint density at radius 1 is 1.33 bits per heavy atom. The van der Waals surface area contributed by atoms with Crippen LogP contribution in [-0.2, 0) is 6.42 Å². The molecule has 1 aliphatic heterocycles. The van der Waals surface area contributed by atoms with Crippen LogP contribution in [0.4, 0.5) is 10.1 Å². The van der Waals surface area contributed by atoms with Crippen LogP contribution in [0.2, 0.25) is 0 Å². The van der Waals surface area contributed by atoms with E-state index in [1.807, 2.05) is 24.3 Å². The van der Waals surface area contributed by atoms with Crippen molar-refractivity contribution in [2.24, 2.45) is 0 Å². The Bertz CT molecular complexity index is 663. The van der Waals surface area contributed by atoms with Crippen molar-refractivity contribution in [3.63, 3.8) is 0 Å². The molecule has 0 aromatic heterocycles. The van der Waals surface area contributed by atoms with Gasteiger partial charge in [-0.1, -0.05) is 18.2 Å². The first-order chi connectivity index (χ1) is 10.1. The third-order valence-electron chi connectivity index (χ3n) is 3.46. The molecule has 2 aromatic rings. The summed E-state index contributed by atoms with van der Waals surface area (Å²) in [6.07, 6.45) is 0.635. The number of nitrogens with one attached hydrogen (secondary N) is 1. The van der Waals surface area contributed by atoms with E-state index in [0.29, 0.717) is 6.54 Å². The van der Waals surface area contributed by atoms with E-state index in [0.717, 1.165) is 23.8 Å². The molecular weight excluding hydrogens is 271 g/mol. The zero-order chi connectivity index (χ0) is 14.8. The first-order valence-electron chi connectivity index (χ1n) is 6.71. The largest absolute Gasteiger partial charge is 0.488 e. The maximum Gasteiger partial charge on any atom is 0.253 e. The molecule has 0 saturated carbocycles. The number of benzene rings is 2. The summed E-state index contributed by atoms with van der Waals surface area (Å²) in [6, 6.07) is 11.5. The SMILES string of the molecule is Nc1ccc(F)cc1C(=O)NCC1Cc2ccccc2O1. The molecule has 0 aliphatic carbocycles. The fourth-order valence-electron chi connectivity index (χ4n) is 2.39. The number of anilines is 1. The summed E-state index contributed by atoms with van der Waals surface area (Å²) in [5.74, 6) is -0.0348. The molecule has 0 radical (unpaired) electrons. The first kappa shape index (κ1) is 13.4. The summed E-state index contributed by atoms with van der Waals surface area (Å²) in [4.78, 5) is 12.0. The van der Waals surface area contributed by atoms with Crippen molar-refractivity contribution in [2.75, 3.05) is 12.3 Å². The number of halogens is 1. The fraction of sp³-hybridized carbons (Fsp3) is 0.188. The highest BCUT2D eigenvalue weighted by atomic mass is 19.1. The second-order valence-electron chi connectivity index (χ2n) is 4.99. The number of fused-ring (bicyclic) bond motifs is 1. The summed E-state index contributed by atoms with van der Waals surface area (Å²) in [5.41, 5.74) is 7.21. The van der Waals surface area contributed by atoms with Gasteiger partial charge in [-0.2, -0.15) is 0 Å². The summed E-state index contributed by atoms with van der Waals surface area (Å²) in [6.45, 7) is 0.351. The topological polar surface area (TPSA) is 64.4 Å². The van der Waals surface area contributed by atoms with Crippen LogP contribution in [0, 0.1) is 5.82 Å². The molecule has 2 aromatic carbocycles. The quantitative estimate of drug-likeness (QED) is 0.850. The standard InChI is InChI=1S/C16H15FN2O2/c17-11-5-6-14(18)13(8-11)16(20)19-9-12-7-10-3-1-2-4-15(10)21-12/h1-6,8,12H,7,9,18H2,(H,19,20). The van der Waals surface area contributed by atoms with Gasteiger partial charge >= 0.3 is 0 Å². The molecule has 1 heterocycles. The predicted octanol–water partition coefficient (Wildman–Crippen LogP) is 2.14. The molecule has 108 valence electrons. The monoisotopic (exact) mass is 286 g/mol. The van der Waals surface area contributed by atoms with Gasteiger partial charge in [0.2, 0.25) is 0 Å². The van der Waals surface area contributed by atoms with Gasteiger partial charge in [-0.25, -0.2) is 4.39 Å². The molecule has 4 nitrogen and oxygen atoms in total. The molecule has 0 fully saturated rings. The van der Waals surface area contributed by atoms with Crippen LogP contribution >= 0.6 is 0 Å². The fourth-order valence-corrected chi connectivity index (χ4v) is 2.39. The van der Waals surface area contributed by atoms with Crippen LogP contribution in [0.25, 0.3) is 0 Å². The normalized spacial score (nSPS) is 16.1. The number of nitrogens with two attached hydrogens (primary N) is 1. The number of nitrogen functional groups attached to an aromatic ring is 1. The van der Waals surface area contributed by atoms with Gasteiger partial charge in [-0.05, 0) is 29.8 Å². The molecule has 0 saturated heterocycles. The zero-order valence-electron chi connectivity index (χ0n) is 11.3. The molecule has 3 N–H and O–H groups in total. The van der Waals surface area contributed by atoms with Gasteiger partial charge in [0.25, 0.3) is 5.91 Å². The van der Waals surface area contributed by atoms with Crippen molar-refractivity contribution in [2.45, 2.75) is 12.5 Å². The van der Waals surface area contributed by atoms with E-state index in [1.165, 1.54) is 12.1 Å². The predicted molar refractivity (Wildman–Crippen MR) is 77.7 cm³/mol. The Labute approximate surface area is 121 Å². The van der Waals surface area contributed by atoms with E-state index >= 15 is 0 Å². The molecule has 21 heavy (non-hydrogen) atoms. The van der Waals surface area contributed by atoms with Crippen LogP contribution < -0.4 is 15.8 Å². The smallest absolute Gasteiger partial charge is 0.253 e. The van der Waals surface area contributed by atoms with Crippen molar-refractivity contribution in [3.05, 3.63) is 59.4 Å². The van der Waals surface area contributed by atoms with E-state index in [4.69, 9.17) is 10.5 Å². The zero-order valence-corrected chi connectivity index (χ0v) is 11.3. The maximum absolute atomic E-state index is 13.2. The number of ether oxygens (including phenoxy) is 1. The van der Waals surface area contributed by atoms with E-state index in [9.17, 15) is 9.18 Å².